The quantitative estimate of drug-likeness (QED) is 0.416. The van der Waals surface area contributed by atoms with Crippen molar-refractivity contribution in [2.45, 2.75) is 12.5 Å². The third-order valence-corrected chi connectivity index (χ3v) is 4.00. The number of nitrogens with one attached hydrogen (secondary N) is 2. The first-order valence-electron chi connectivity index (χ1n) is 7.58. The molecule has 140 valence electrons. The molecule has 0 aliphatic carbocycles. The standard InChI is InChI=1S/C17H21N3O5S/c1-24-12-4-5-15(25-2)14(8-12)19-10-11(9-18)16(21)20-13(17(22)23)6-7-26-3/h4-5,8,10,13,19H,6-7H2,1-3H3,(H,20,21)(H,22,23)/b11-10-. The smallest absolute Gasteiger partial charge is 0.326 e. The lowest BCUT2D eigenvalue weighted by Gasteiger charge is -2.14. The molecule has 0 saturated carbocycles. The molecule has 9 heteroatoms. The van der Waals surface area contributed by atoms with Crippen molar-refractivity contribution in [1.29, 1.82) is 5.26 Å². The van der Waals surface area contributed by atoms with Crippen LogP contribution in [0.2, 0.25) is 0 Å². The minimum atomic E-state index is -1.15. The van der Waals surface area contributed by atoms with Gasteiger partial charge in [-0.3, -0.25) is 4.79 Å². The van der Waals surface area contributed by atoms with E-state index in [4.69, 9.17) is 14.6 Å². The molecule has 0 heterocycles. The van der Waals surface area contributed by atoms with Crippen LogP contribution in [0.25, 0.3) is 0 Å². The first kappa shape index (κ1) is 21.2. The van der Waals surface area contributed by atoms with Crippen LogP contribution in [0.5, 0.6) is 11.5 Å². The third-order valence-electron chi connectivity index (χ3n) is 3.36. The van der Waals surface area contributed by atoms with Gasteiger partial charge in [-0.25, -0.2) is 4.79 Å². The van der Waals surface area contributed by atoms with Crippen molar-refractivity contribution < 1.29 is 24.2 Å². The molecule has 0 aliphatic heterocycles. The molecule has 0 fully saturated rings. The summed E-state index contributed by atoms with van der Waals surface area (Å²) in [5, 5.41) is 23.5. The van der Waals surface area contributed by atoms with E-state index in [0.717, 1.165) is 0 Å². The summed E-state index contributed by atoms with van der Waals surface area (Å²) in [4.78, 5) is 23.4. The number of amides is 1. The molecule has 0 bridgehead atoms. The van der Waals surface area contributed by atoms with Crippen LogP contribution in [0.15, 0.2) is 30.0 Å². The molecule has 0 aliphatic rings. The van der Waals surface area contributed by atoms with Crippen LogP contribution in [0.1, 0.15) is 6.42 Å². The second-order valence-corrected chi connectivity index (χ2v) is 6.01. The zero-order chi connectivity index (χ0) is 19.5. The first-order chi connectivity index (χ1) is 12.5. The minimum absolute atomic E-state index is 0.259. The minimum Gasteiger partial charge on any atom is -0.497 e. The maximum atomic E-state index is 12.2. The Hall–Kier alpha value is -2.86. The van der Waals surface area contributed by atoms with E-state index in [1.165, 1.54) is 32.2 Å². The lowest BCUT2D eigenvalue weighted by molar-refractivity contribution is -0.141. The second kappa shape index (κ2) is 10.9. The summed E-state index contributed by atoms with van der Waals surface area (Å²) in [6.45, 7) is 0. The van der Waals surface area contributed by atoms with Crippen LogP contribution < -0.4 is 20.1 Å². The van der Waals surface area contributed by atoms with Gasteiger partial charge in [0.1, 0.15) is 29.2 Å². The Morgan fingerprint density at radius 2 is 2.12 bits per heavy atom. The Morgan fingerprint density at radius 3 is 2.65 bits per heavy atom. The fourth-order valence-corrected chi connectivity index (χ4v) is 2.43. The largest absolute Gasteiger partial charge is 0.497 e. The van der Waals surface area contributed by atoms with E-state index in [2.05, 4.69) is 10.6 Å². The lowest BCUT2D eigenvalue weighted by Crippen LogP contribution is -2.41. The zero-order valence-corrected chi connectivity index (χ0v) is 15.6. The maximum Gasteiger partial charge on any atom is 0.326 e. The van der Waals surface area contributed by atoms with Crippen LogP contribution in [0.4, 0.5) is 5.69 Å². The number of carboxylic acid groups (broad SMARTS) is 1. The van der Waals surface area contributed by atoms with Gasteiger partial charge in [-0.05, 0) is 30.6 Å². The number of benzene rings is 1. The van der Waals surface area contributed by atoms with Gasteiger partial charge in [-0.15, -0.1) is 0 Å². The Labute approximate surface area is 156 Å². The van der Waals surface area contributed by atoms with E-state index in [1.54, 1.807) is 24.3 Å². The first-order valence-corrected chi connectivity index (χ1v) is 8.97. The molecular formula is C17H21N3O5S. The van der Waals surface area contributed by atoms with Crippen LogP contribution in [-0.4, -0.2) is 49.3 Å². The van der Waals surface area contributed by atoms with E-state index in [9.17, 15) is 14.9 Å². The number of carbonyl (C=O) groups is 2. The molecule has 3 N–H and O–H groups in total. The van der Waals surface area contributed by atoms with E-state index >= 15 is 0 Å². The number of aliphatic carboxylic acids is 1. The Bertz CT molecular complexity index is 715. The van der Waals surface area contributed by atoms with Crippen molar-refractivity contribution in [1.82, 2.24) is 5.32 Å². The molecule has 1 aromatic rings. The number of methoxy groups -OCH3 is 2. The van der Waals surface area contributed by atoms with Crippen LogP contribution in [-0.2, 0) is 9.59 Å². The lowest BCUT2D eigenvalue weighted by atomic mass is 10.2. The number of thioether (sulfide) groups is 1. The van der Waals surface area contributed by atoms with Gasteiger partial charge in [-0.1, -0.05) is 0 Å². The SMILES string of the molecule is COc1ccc(OC)c(N/C=C(/C#N)C(=O)NC(CCSC)C(=O)O)c1. The second-order valence-electron chi connectivity index (χ2n) is 5.03. The van der Waals surface area contributed by atoms with E-state index in [-0.39, 0.29) is 12.0 Å². The number of nitrogens with zero attached hydrogens (tertiary/aromatic N) is 1. The molecule has 0 aromatic heterocycles. The Morgan fingerprint density at radius 1 is 1.38 bits per heavy atom. The summed E-state index contributed by atoms with van der Waals surface area (Å²) in [6.07, 6.45) is 3.30. The molecule has 1 rings (SSSR count). The topological polar surface area (TPSA) is 121 Å². The molecule has 1 unspecified atom stereocenters. The van der Waals surface area contributed by atoms with Gasteiger partial charge in [0.25, 0.3) is 5.91 Å². The van der Waals surface area contributed by atoms with Gasteiger partial charge >= 0.3 is 5.97 Å². The van der Waals surface area contributed by atoms with Crippen molar-refractivity contribution in [2.24, 2.45) is 0 Å². The van der Waals surface area contributed by atoms with Crippen molar-refractivity contribution in [2.75, 3.05) is 31.5 Å². The predicted molar refractivity (Wildman–Crippen MR) is 99.4 cm³/mol. The number of ether oxygens (including phenoxy) is 2. The van der Waals surface area contributed by atoms with E-state index < -0.39 is 17.9 Å². The molecule has 8 nitrogen and oxygen atoms in total. The van der Waals surface area contributed by atoms with Crippen molar-refractivity contribution in [3.8, 4) is 17.6 Å². The van der Waals surface area contributed by atoms with Gasteiger partial charge in [-0.2, -0.15) is 17.0 Å². The van der Waals surface area contributed by atoms with Crippen LogP contribution in [0.3, 0.4) is 0 Å². The molecule has 0 saturated heterocycles. The van der Waals surface area contributed by atoms with Gasteiger partial charge in [0.05, 0.1) is 19.9 Å². The molecule has 1 atom stereocenters. The number of carbonyl (C=O) groups excluding carboxylic acids is 1. The molecule has 1 amide bonds. The predicted octanol–water partition coefficient (Wildman–Crippen LogP) is 1.85. The summed E-state index contributed by atoms with van der Waals surface area (Å²) < 4.78 is 10.3. The number of carboxylic acids is 1. The average molecular weight is 379 g/mol. The summed E-state index contributed by atoms with van der Waals surface area (Å²) >= 11 is 1.47. The third kappa shape index (κ3) is 6.22. The highest BCUT2D eigenvalue weighted by atomic mass is 32.2. The summed E-state index contributed by atoms with van der Waals surface area (Å²) in [5.74, 6) is -0.291. The van der Waals surface area contributed by atoms with E-state index in [0.29, 0.717) is 22.9 Å². The van der Waals surface area contributed by atoms with Gasteiger partial charge in [0, 0.05) is 12.3 Å². The van der Waals surface area contributed by atoms with Crippen LogP contribution >= 0.6 is 11.8 Å². The molecular weight excluding hydrogens is 358 g/mol. The Balaban J connectivity index is 2.92. The molecule has 0 spiro atoms. The normalized spacial score (nSPS) is 11.8. The fraction of sp³-hybridized carbons (Fsp3) is 0.353. The number of nitriles is 1. The molecule has 26 heavy (non-hydrogen) atoms. The number of rotatable bonds is 10. The van der Waals surface area contributed by atoms with Gasteiger partial charge in [0.15, 0.2) is 0 Å². The molecule has 1 aromatic carbocycles. The summed E-state index contributed by atoms with van der Waals surface area (Å²) in [6, 6.07) is 5.71. The number of hydrogen-bond acceptors (Lipinski definition) is 7. The fourth-order valence-electron chi connectivity index (χ4n) is 1.95. The highest BCUT2D eigenvalue weighted by Crippen LogP contribution is 2.29. The summed E-state index contributed by atoms with van der Waals surface area (Å²) in [7, 11) is 2.99. The zero-order valence-electron chi connectivity index (χ0n) is 14.7. The number of hydrogen-bond donors (Lipinski definition) is 3. The van der Waals surface area contributed by atoms with Gasteiger partial charge in [0.2, 0.25) is 0 Å². The van der Waals surface area contributed by atoms with Gasteiger partial charge < -0.3 is 25.2 Å². The van der Waals surface area contributed by atoms with Crippen molar-refractivity contribution in [3.05, 3.63) is 30.0 Å². The number of anilines is 1. The highest BCUT2D eigenvalue weighted by molar-refractivity contribution is 7.98. The molecule has 0 radical (unpaired) electrons. The van der Waals surface area contributed by atoms with Crippen molar-refractivity contribution in [3.63, 3.8) is 0 Å². The highest BCUT2D eigenvalue weighted by Gasteiger charge is 2.21. The van der Waals surface area contributed by atoms with E-state index in [1.807, 2.05) is 6.26 Å². The maximum absolute atomic E-state index is 12.2. The average Bonchev–Trinajstić information content (AvgIpc) is 2.64. The van der Waals surface area contributed by atoms with Crippen LogP contribution in [0, 0.1) is 11.3 Å². The van der Waals surface area contributed by atoms with Crippen molar-refractivity contribution >= 4 is 29.3 Å². The Kier molecular flexibility index (Phi) is 8.87. The monoisotopic (exact) mass is 379 g/mol. The summed E-state index contributed by atoms with van der Waals surface area (Å²) in [5.41, 5.74) is 0.231.